The summed E-state index contributed by atoms with van der Waals surface area (Å²) in [7, 11) is 1.67. The number of ether oxygens (including phenoxy) is 1. The van der Waals surface area contributed by atoms with E-state index in [2.05, 4.69) is 17.4 Å². The number of nitrogens with one attached hydrogen (secondary N) is 1. The lowest BCUT2D eigenvalue weighted by molar-refractivity contribution is 0.415. The van der Waals surface area contributed by atoms with Crippen molar-refractivity contribution in [3.63, 3.8) is 0 Å². The van der Waals surface area contributed by atoms with Gasteiger partial charge in [0.1, 0.15) is 5.75 Å². The van der Waals surface area contributed by atoms with E-state index in [1.54, 1.807) is 7.11 Å². The zero-order valence-corrected chi connectivity index (χ0v) is 11.1. The van der Waals surface area contributed by atoms with Crippen molar-refractivity contribution in [2.24, 2.45) is 0 Å². The first kappa shape index (κ1) is 12.8. The lowest BCUT2D eigenvalue weighted by Gasteiger charge is -2.08. The summed E-state index contributed by atoms with van der Waals surface area (Å²) in [5.74, 6) is 0.867. The van der Waals surface area contributed by atoms with Crippen molar-refractivity contribution in [3.05, 3.63) is 59.1 Å². The van der Waals surface area contributed by atoms with Gasteiger partial charge in [0, 0.05) is 23.3 Å². The number of methoxy groups -OCH3 is 1. The molecule has 0 bridgehead atoms. The second-order valence-electron chi connectivity index (χ2n) is 4.04. The van der Waals surface area contributed by atoms with Gasteiger partial charge in [0.25, 0.3) is 0 Å². The minimum absolute atomic E-state index is 0.777. The molecular formula is C15H16ClNO. The van der Waals surface area contributed by atoms with E-state index in [4.69, 9.17) is 16.3 Å². The van der Waals surface area contributed by atoms with Gasteiger partial charge in [-0.3, -0.25) is 0 Å². The van der Waals surface area contributed by atoms with E-state index >= 15 is 0 Å². The maximum atomic E-state index is 5.85. The quantitative estimate of drug-likeness (QED) is 0.878. The Morgan fingerprint density at radius 1 is 1.11 bits per heavy atom. The molecule has 3 heteroatoms. The molecule has 0 aromatic heterocycles. The molecule has 2 nitrogen and oxygen atoms in total. The lowest BCUT2D eigenvalue weighted by Crippen LogP contribution is -2.04. The van der Waals surface area contributed by atoms with Crippen LogP contribution in [-0.4, -0.2) is 13.7 Å². The smallest absolute Gasteiger partial charge is 0.120 e. The van der Waals surface area contributed by atoms with Gasteiger partial charge in [-0.2, -0.15) is 0 Å². The van der Waals surface area contributed by atoms with Crippen molar-refractivity contribution < 1.29 is 4.74 Å². The fourth-order valence-electron chi connectivity index (χ4n) is 1.74. The van der Waals surface area contributed by atoms with Crippen LogP contribution >= 0.6 is 11.6 Å². The molecule has 0 saturated carbocycles. The Labute approximate surface area is 113 Å². The van der Waals surface area contributed by atoms with Crippen LogP contribution in [0.15, 0.2) is 48.5 Å². The van der Waals surface area contributed by atoms with Gasteiger partial charge in [-0.05, 0) is 36.2 Å². The third-order valence-electron chi connectivity index (χ3n) is 2.73. The highest BCUT2D eigenvalue weighted by molar-refractivity contribution is 6.30. The Balaban J connectivity index is 1.86. The molecule has 2 rings (SSSR count). The van der Waals surface area contributed by atoms with Crippen molar-refractivity contribution in [1.29, 1.82) is 0 Å². The lowest BCUT2D eigenvalue weighted by atomic mass is 10.1. The van der Waals surface area contributed by atoms with Crippen LogP contribution in [0.4, 0.5) is 5.69 Å². The normalized spacial score (nSPS) is 10.1. The number of anilines is 1. The molecule has 0 aliphatic heterocycles. The van der Waals surface area contributed by atoms with Crippen molar-refractivity contribution in [2.45, 2.75) is 6.42 Å². The predicted molar refractivity (Wildman–Crippen MR) is 76.6 cm³/mol. The highest BCUT2D eigenvalue weighted by atomic mass is 35.5. The summed E-state index contributed by atoms with van der Waals surface area (Å²) in [6.45, 7) is 0.884. The van der Waals surface area contributed by atoms with Crippen molar-refractivity contribution in [1.82, 2.24) is 0 Å². The van der Waals surface area contributed by atoms with Crippen molar-refractivity contribution in [2.75, 3.05) is 19.0 Å². The van der Waals surface area contributed by atoms with E-state index in [-0.39, 0.29) is 0 Å². The Bertz CT molecular complexity index is 496. The molecule has 0 aliphatic rings. The largest absolute Gasteiger partial charge is 0.497 e. The molecule has 1 N–H and O–H groups in total. The average Bonchev–Trinajstić information content (AvgIpc) is 2.41. The summed E-state index contributed by atoms with van der Waals surface area (Å²) in [5.41, 5.74) is 2.35. The number of halogens is 1. The summed E-state index contributed by atoms with van der Waals surface area (Å²) < 4.78 is 5.18. The Kier molecular flexibility index (Phi) is 4.48. The molecule has 0 amide bonds. The van der Waals surface area contributed by atoms with E-state index in [1.165, 1.54) is 5.56 Å². The fourth-order valence-corrected chi connectivity index (χ4v) is 1.86. The first-order chi connectivity index (χ1) is 8.78. The highest BCUT2D eigenvalue weighted by Gasteiger charge is 1.96. The molecule has 0 saturated heterocycles. The predicted octanol–water partition coefficient (Wildman–Crippen LogP) is 4.00. The second-order valence-corrected chi connectivity index (χ2v) is 4.47. The molecule has 2 aromatic rings. The summed E-state index contributed by atoms with van der Waals surface area (Å²) in [6, 6.07) is 15.9. The molecule has 0 fully saturated rings. The topological polar surface area (TPSA) is 21.3 Å². The molecule has 94 valence electrons. The van der Waals surface area contributed by atoms with E-state index in [0.29, 0.717) is 0 Å². The molecule has 0 atom stereocenters. The van der Waals surface area contributed by atoms with Gasteiger partial charge in [-0.25, -0.2) is 0 Å². The maximum Gasteiger partial charge on any atom is 0.120 e. The van der Waals surface area contributed by atoms with Crippen LogP contribution < -0.4 is 10.1 Å². The van der Waals surface area contributed by atoms with Crippen molar-refractivity contribution in [3.8, 4) is 5.75 Å². The Morgan fingerprint density at radius 2 is 1.89 bits per heavy atom. The van der Waals surface area contributed by atoms with Gasteiger partial charge < -0.3 is 10.1 Å². The van der Waals surface area contributed by atoms with Gasteiger partial charge in [-0.1, -0.05) is 29.8 Å². The molecule has 18 heavy (non-hydrogen) atoms. The second kappa shape index (κ2) is 6.31. The van der Waals surface area contributed by atoms with E-state index in [1.807, 2.05) is 36.4 Å². The number of benzene rings is 2. The van der Waals surface area contributed by atoms with E-state index in [0.717, 1.165) is 29.4 Å². The van der Waals surface area contributed by atoms with Crippen LogP contribution in [0.25, 0.3) is 0 Å². The number of hydrogen-bond donors (Lipinski definition) is 1. The van der Waals surface area contributed by atoms with Gasteiger partial charge in [0.15, 0.2) is 0 Å². The van der Waals surface area contributed by atoms with Gasteiger partial charge in [0.05, 0.1) is 7.11 Å². The summed E-state index contributed by atoms with van der Waals surface area (Å²) in [6.07, 6.45) is 0.967. The highest BCUT2D eigenvalue weighted by Crippen LogP contribution is 2.16. The molecule has 0 radical (unpaired) electrons. The van der Waals surface area contributed by atoms with Crippen LogP contribution in [-0.2, 0) is 6.42 Å². The molecule has 0 spiro atoms. The Morgan fingerprint density at radius 3 is 2.61 bits per heavy atom. The third kappa shape index (κ3) is 3.67. The average molecular weight is 262 g/mol. The molecule has 0 aliphatic carbocycles. The first-order valence-electron chi connectivity index (χ1n) is 5.90. The number of rotatable bonds is 5. The SMILES string of the molecule is COc1cccc(NCCc2ccc(Cl)cc2)c1. The van der Waals surface area contributed by atoms with E-state index in [9.17, 15) is 0 Å². The molecule has 2 aromatic carbocycles. The summed E-state index contributed by atoms with van der Waals surface area (Å²) in [4.78, 5) is 0. The fraction of sp³-hybridized carbons (Fsp3) is 0.200. The first-order valence-corrected chi connectivity index (χ1v) is 6.28. The Hall–Kier alpha value is -1.67. The third-order valence-corrected chi connectivity index (χ3v) is 2.98. The molecular weight excluding hydrogens is 246 g/mol. The van der Waals surface area contributed by atoms with Crippen LogP contribution in [0.1, 0.15) is 5.56 Å². The van der Waals surface area contributed by atoms with Crippen molar-refractivity contribution >= 4 is 17.3 Å². The monoisotopic (exact) mass is 261 g/mol. The minimum atomic E-state index is 0.777. The minimum Gasteiger partial charge on any atom is -0.497 e. The number of hydrogen-bond acceptors (Lipinski definition) is 2. The molecule has 0 heterocycles. The summed E-state index contributed by atoms with van der Waals surface area (Å²) in [5, 5.41) is 4.15. The standard InChI is InChI=1S/C15H16ClNO/c1-18-15-4-2-3-14(11-15)17-10-9-12-5-7-13(16)8-6-12/h2-8,11,17H,9-10H2,1H3. The van der Waals surface area contributed by atoms with E-state index < -0.39 is 0 Å². The zero-order chi connectivity index (χ0) is 12.8. The van der Waals surface area contributed by atoms with Gasteiger partial charge in [-0.15, -0.1) is 0 Å². The van der Waals surface area contributed by atoms with Gasteiger partial charge >= 0.3 is 0 Å². The van der Waals surface area contributed by atoms with Gasteiger partial charge in [0.2, 0.25) is 0 Å². The zero-order valence-electron chi connectivity index (χ0n) is 10.3. The van der Waals surface area contributed by atoms with Crippen LogP contribution in [0, 0.1) is 0 Å². The summed E-state index contributed by atoms with van der Waals surface area (Å²) >= 11 is 5.85. The van der Waals surface area contributed by atoms with Crippen LogP contribution in [0.2, 0.25) is 5.02 Å². The van der Waals surface area contributed by atoms with Crippen LogP contribution in [0.5, 0.6) is 5.75 Å². The van der Waals surface area contributed by atoms with Crippen LogP contribution in [0.3, 0.4) is 0 Å². The maximum absolute atomic E-state index is 5.85. The molecule has 0 unspecified atom stereocenters.